The van der Waals surface area contributed by atoms with E-state index in [4.69, 9.17) is 0 Å². The van der Waals surface area contributed by atoms with E-state index in [9.17, 15) is 28.0 Å². The molecule has 4 aromatic rings. The molecule has 0 unspecified atom stereocenters. The van der Waals surface area contributed by atoms with E-state index >= 15 is 0 Å². The largest absolute Gasteiger partial charge is 0.382 e. The summed E-state index contributed by atoms with van der Waals surface area (Å²) in [7, 11) is 0. The zero-order valence-corrected chi connectivity index (χ0v) is 34.4. The van der Waals surface area contributed by atoms with Crippen LogP contribution < -0.4 is 31.9 Å². The van der Waals surface area contributed by atoms with Gasteiger partial charge in [0.25, 0.3) is 0 Å². The summed E-state index contributed by atoms with van der Waals surface area (Å²) in [6.07, 6.45) is 5.56. The van der Waals surface area contributed by atoms with E-state index in [-0.39, 0.29) is 46.4 Å². The zero-order valence-electron chi connectivity index (χ0n) is 34.4. The Bertz CT molecular complexity index is 1970. The molecule has 2 atom stereocenters. The molecule has 0 saturated carbocycles. The number of halogens is 2. The highest BCUT2D eigenvalue weighted by Gasteiger charge is 2.21. The van der Waals surface area contributed by atoms with Crippen LogP contribution in [0.5, 0.6) is 0 Å². The van der Waals surface area contributed by atoms with E-state index in [1.165, 1.54) is 24.3 Å². The Kier molecular flexibility index (Phi) is 17.7. The van der Waals surface area contributed by atoms with Gasteiger partial charge in [0.15, 0.2) is 0 Å². The number of allylic oxidation sites excluding steroid dienone is 2. The second kappa shape index (κ2) is 23.6. The van der Waals surface area contributed by atoms with Crippen molar-refractivity contribution >= 4 is 23.4 Å². The molecule has 60 heavy (non-hydrogen) atoms. The van der Waals surface area contributed by atoms with Crippen molar-refractivity contribution in [1.29, 1.82) is 0 Å². The number of ketones is 2. The number of rotatable bonds is 24. The standard InChI is InChI=1S/C48H56F2N6O4/c1-33(37-17-19-39(41(49)29-37)35-13-5-3-6-14-35)47(59)55-27-11-23-51-21-9-25-53-43-31-46(58)44(32-45(43)57)54-26-10-22-52-24-12-28-56-48(60)34(2)38-18-20-40(42(50)30-38)36-15-7-4-8-16-36/h3-8,13-20,29-34,51-54H,9-12,21-28H2,1-2H3,(H,55,59)(H,56,60)/t33-,34-/m1/s1. The summed E-state index contributed by atoms with van der Waals surface area (Å²) in [5.74, 6) is -2.50. The zero-order chi connectivity index (χ0) is 42.7. The van der Waals surface area contributed by atoms with Crippen LogP contribution in [0.4, 0.5) is 8.78 Å². The first-order valence-electron chi connectivity index (χ1n) is 20.8. The topological polar surface area (TPSA) is 140 Å². The Morgan fingerprint density at radius 3 is 1.23 bits per heavy atom. The Morgan fingerprint density at radius 1 is 0.500 bits per heavy atom. The predicted octanol–water partition coefficient (Wildman–Crippen LogP) is 6.28. The fourth-order valence-corrected chi connectivity index (χ4v) is 6.72. The number of hydrogen-bond acceptors (Lipinski definition) is 8. The van der Waals surface area contributed by atoms with Gasteiger partial charge in [0.1, 0.15) is 11.6 Å². The molecular weight excluding hydrogens is 763 g/mol. The number of carbonyl (C=O) groups excluding carboxylic acids is 4. The molecule has 0 aliphatic heterocycles. The van der Waals surface area contributed by atoms with Crippen molar-refractivity contribution < 1.29 is 28.0 Å². The van der Waals surface area contributed by atoms with Crippen molar-refractivity contribution in [1.82, 2.24) is 31.9 Å². The lowest BCUT2D eigenvalue weighted by molar-refractivity contribution is -0.123. The second-order valence-electron chi connectivity index (χ2n) is 14.8. The van der Waals surface area contributed by atoms with Gasteiger partial charge in [-0.2, -0.15) is 0 Å². The minimum absolute atomic E-state index is 0.156. The van der Waals surface area contributed by atoms with Gasteiger partial charge in [-0.1, -0.05) is 84.9 Å². The van der Waals surface area contributed by atoms with E-state index in [1.54, 1.807) is 38.1 Å². The van der Waals surface area contributed by atoms with E-state index < -0.39 is 11.8 Å². The van der Waals surface area contributed by atoms with Gasteiger partial charge in [0, 0.05) is 49.5 Å². The molecule has 4 aromatic carbocycles. The van der Waals surface area contributed by atoms with Crippen LogP contribution in [0.3, 0.4) is 0 Å². The van der Waals surface area contributed by atoms with Gasteiger partial charge in [-0.3, -0.25) is 19.2 Å². The highest BCUT2D eigenvalue weighted by Crippen LogP contribution is 2.28. The first kappa shape index (κ1) is 45.1. The first-order valence-corrected chi connectivity index (χ1v) is 20.8. The maximum Gasteiger partial charge on any atom is 0.227 e. The van der Waals surface area contributed by atoms with Crippen LogP contribution in [0, 0.1) is 11.6 Å². The van der Waals surface area contributed by atoms with E-state index in [1.807, 2.05) is 60.7 Å². The highest BCUT2D eigenvalue weighted by molar-refractivity contribution is 6.19. The molecule has 12 heteroatoms. The van der Waals surface area contributed by atoms with Gasteiger partial charge in [0.2, 0.25) is 23.4 Å². The number of nitrogens with one attached hydrogen (secondary N) is 6. The molecule has 0 saturated heterocycles. The maximum absolute atomic E-state index is 14.8. The third kappa shape index (κ3) is 13.5. The summed E-state index contributed by atoms with van der Waals surface area (Å²) in [6.45, 7) is 8.30. The molecular formula is C48H56F2N6O4. The smallest absolute Gasteiger partial charge is 0.227 e. The fourth-order valence-electron chi connectivity index (χ4n) is 6.72. The van der Waals surface area contributed by atoms with Crippen molar-refractivity contribution in [2.45, 2.75) is 51.4 Å². The summed E-state index contributed by atoms with van der Waals surface area (Å²) < 4.78 is 29.6. The van der Waals surface area contributed by atoms with Gasteiger partial charge in [-0.05, 0) is 100 Å². The average Bonchev–Trinajstić information content (AvgIpc) is 3.26. The van der Waals surface area contributed by atoms with Gasteiger partial charge in [-0.15, -0.1) is 0 Å². The molecule has 316 valence electrons. The number of amides is 2. The van der Waals surface area contributed by atoms with E-state index in [0.717, 1.165) is 36.8 Å². The molecule has 1 aliphatic rings. The monoisotopic (exact) mass is 818 g/mol. The molecule has 6 N–H and O–H groups in total. The molecule has 10 nitrogen and oxygen atoms in total. The lowest BCUT2D eigenvalue weighted by atomic mass is 9.96. The van der Waals surface area contributed by atoms with Crippen molar-refractivity contribution in [3.63, 3.8) is 0 Å². The fraction of sp³-hybridized carbons (Fsp3) is 0.333. The summed E-state index contributed by atoms with van der Waals surface area (Å²) >= 11 is 0. The van der Waals surface area contributed by atoms with Gasteiger partial charge < -0.3 is 31.9 Å². The highest BCUT2D eigenvalue weighted by atomic mass is 19.1. The van der Waals surface area contributed by atoms with Crippen molar-refractivity contribution in [2.75, 3.05) is 52.4 Å². The maximum atomic E-state index is 14.8. The lowest BCUT2D eigenvalue weighted by Gasteiger charge is -2.16. The molecule has 0 aromatic heterocycles. The van der Waals surface area contributed by atoms with Crippen molar-refractivity contribution in [3.8, 4) is 22.3 Å². The van der Waals surface area contributed by atoms with Gasteiger partial charge in [0.05, 0.1) is 23.2 Å². The number of carbonyl (C=O) groups is 4. The minimum atomic E-state index is -0.482. The molecule has 0 spiro atoms. The van der Waals surface area contributed by atoms with E-state index in [0.29, 0.717) is 74.6 Å². The first-order chi connectivity index (χ1) is 29.1. The summed E-state index contributed by atoms with van der Waals surface area (Å²) in [5.41, 5.74) is 4.38. The van der Waals surface area contributed by atoms with Crippen LogP contribution in [-0.4, -0.2) is 75.7 Å². The van der Waals surface area contributed by atoms with E-state index in [2.05, 4.69) is 31.9 Å². The molecule has 1 aliphatic carbocycles. The number of hydrogen-bond donors (Lipinski definition) is 6. The Labute approximate surface area is 351 Å². The third-order valence-corrected chi connectivity index (χ3v) is 10.4. The molecule has 0 fully saturated rings. The van der Waals surface area contributed by atoms with Gasteiger partial charge >= 0.3 is 0 Å². The van der Waals surface area contributed by atoms with Crippen LogP contribution in [0.1, 0.15) is 62.5 Å². The molecule has 0 heterocycles. The van der Waals surface area contributed by atoms with Gasteiger partial charge in [-0.25, -0.2) is 8.78 Å². The van der Waals surface area contributed by atoms with Crippen LogP contribution in [0.2, 0.25) is 0 Å². The lowest BCUT2D eigenvalue weighted by Crippen LogP contribution is -2.32. The number of benzene rings is 4. The van der Waals surface area contributed by atoms with Crippen LogP contribution in [0.25, 0.3) is 22.3 Å². The van der Waals surface area contributed by atoms with Crippen molar-refractivity contribution in [3.05, 3.63) is 143 Å². The van der Waals surface area contributed by atoms with Crippen LogP contribution in [0.15, 0.2) is 121 Å². The predicted molar refractivity (Wildman–Crippen MR) is 233 cm³/mol. The summed E-state index contributed by atoms with van der Waals surface area (Å²) in [6, 6.07) is 28.5. The molecule has 0 radical (unpaired) electrons. The summed E-state index contributed by atoms with van der Waals surface area (Å²) in [4.78, 5) is 50.6. The Morgan fingerprint density at radius 2 is 0.867 bits per heavy atom. The normalized spacial score (nSPS) is 13.5. The SMILES string of the molecule is C[C@@H](C(=O)NCCCNCCCNC1=CC(=O)C(NCCCNCCCNC(=O)[C@H](C)c2ccc(-c3ccccc3)c(F)c2)=CC1=O)c1ccc(-c2ccccc2)c(F)c1. The Balaban J connectivity index is 0.853. The third-order valence-electron chi connectivity index (χ3n) is 10.4. The average molecular weight is 819 g/mol. The molecule has 5 rings (SSSR count). The molecule has 0 bridgehead atoms. The second-order valence-corrected chi connectivity index (χ2v) is 14.8. The summed E-state index contributed by atoms with van der Waals surface area (Å²) in [5, 5.41) is 18.6. The quantitative estimate of drug-likeness (QED) is 0.0359. The molecule has 2 amide bonds. The van der Waals surface area contributed by atoms with Crippen molar-refractivity contribution in [2.24, 2.45) is 0 Å². The van der Waals surface area contributed by atoms with Crippen LogP contribution in [-0.2, 0) is 19.2 Å². The minimum Gasteiger partial charge on any atom is -0.382 e. The Hall–Kier alpha value is -5.98. The van der Waals surface area contributed by atoms with Crippen LogP contribution >= 0.6 is 0 Å².